The minimum atomic E-state index is -1.58. The van der Waals surface area contributed by atoms with E-state index in [0.29, 0.717) is 6.42 Å². The molecule has 3 nitrogen and oxygen atoms in total. The number of rotatable bonds is 5. The van der Waals surface area contributed by atoms with Crippen molar-refractivity contribution in [3.8, 4) is 0 Å². The molecule has 0 saturated heterocycles. The Labute approximate surface area is 65.2 Å². The van der Waals surface area contributed by atoms with Crippen molar-refractivity contribution in [2.45, 2.75) is 25.9 Å². The van der Waals surface area contributed by atoms with Crippen LogP contribution >= 0.6 is 0 Å². The summed E-state index contributed by atoms with van der Waals surface area (Å²) in [4.78, 5) is 10.6. The molecule has 66 valence electrons. The second kappa shape index (κ2) is 6.09. The molecule has 0 aromatic carbocycles. The summed E-state index contributed by atoms with van der Waals surface area (Å²) >= 11 is 0. The second-order valence-corrected chi connectivity index (χ2v) is 2.09. The first kappa shape index (κ1) is 10.4. The summed E-state index contributed by atoms with van der Waals surface area (Å²) in [5.74, 6) is -0.832. The zero-order chi connectivity index (χ0) is 8.69. The summed E-state index contributed by atoms with van der Waals surface area (Å²) in [7, 11) is 0. The molecule has 0 saturated carbocycles. The Morgan fingerprint density at radius 3 is 2.82 bits per heavy atom. The fourth-order valence-corrected chi connectivity index (χ4v) is 0.621. The first-order valence-corrected chi connectivity index (χ1v) is 3.64. The van der Waals surface area contributed by atoms with Gasteiger partial charge in [0.15, 0.2) is 6.17 Å². The SMILES string of the molecule is CCOC(=O)C(F)CCCO. The third-order valence-corrected chi connectivity index (χ3v) is 1.16. The highest BCUT2D eigenvalue weighted by Crippen LogP contribution is 2.03. The van der Waals surface area contributed by atoms with E-state index < -0.39 is 12.1 Å². The third kappa shape index (κ3) is 4.72. The van der Waals surface area contributed by atoms with Gasteiger partial charge in [-0.1, -0.05) is 0 Å². The summed E-state index contributed by atoms with van der Waals surface area (Å²) in [6.07, 6.45) is -1.25. The molecule has 11 heavy (non-hydrogen) atoms. The van der Waals surface area contributed by atoms with Crippen molar-refractivity contribution < 1.29 is 19.0 Å². The number of aliphatic hydroxyl groups is 1. The molecule has 0 amide bonds. The number of hydrogen-bond donors (Lipinski definition) is 1. The van der Waals surface area contributed by atoms with Crippen LogP contribution in [0.1, 0.15) is 19.8 Å². The molecule has 0 bridgehead atoms. The number of halogens is 1. The Morgan fingerprint density at radius 1 is 1.73 bits per heavy atom. The molecule has 0 radical (unpaired) electrons. The van der Waals surface area contributed by atoms with E-state index in [9.17, 15) is 9.18 Å². The number of esters is 1. The van der Waals surface area contributed by atoms with Gasteiger partial charge in [-0.05, 0) is 19.8 Å². The third-order valence-electron chi connectivity index (χ3n) is 1.16. The summed E-state index contributed by atoms with van der Waals surface area (Å²) in [6, 6.07) is 0. The minimum Gasteiger partial charge on any atom is -0.464 e. The molecule has 0 aliphatic rings. The van der Waals surface area contributed by atoms with Gasteiger partial charge in [-0.15, -0.1) is 0 Å². The monoisotopic (exact) mass is 164 g/mol. The molecule has 0 rings (SSSR count). The average Bonchev–Trinajstić information content (AvgIpc) is 2.00. The highest BCUT2D eigenvalue weighted by molar-refractivity contribution is 5.74. The maximum Gasteiger partial charge on any atom is 0.340 e. The van der Waals surface area contributed by atoms with Gasteiger partial charge in [0.1, 0.15) is 0 Å². The van der Waals surface area contributed by atoms with Crippen LogP contribution in [0.25, 0.3) is 0 Å². The van der Waals surface area contributed by atoms with Crippen molar-refractivity contribution in [1.82, 2.24) is 0 Å². The first-order chi connectivity index (χ1) is 5.22. The van der Waals surface area contributed by atoms with E-state index in [2.05, 4.69) is 4.74 Å². The molecule has 0 spiro atoms. The Morgan fingerprint density at radius 2 is 2.36 bits per heavy atom. The van der Waals surface area contributed by atoms with Crippen molar-refractivity contribution >= 4 is 5.97 Å². The Bertz CT molecular complexity index is 116. The van der Waals surface area contributed by atoms with E-state index in [4.69, 9.17) is 5.11 Å². The van der Waals surface area contributed by atoms with Crippen LogP contribution in [0.3, 0.4) is 0 Å². The summed E-state index contributed by atoms with van der Waals surface area (Å²) in [5.41, 5.74) is 0. The lowest BCUT2D eigenvalue weighted by Gasteiger charge is -2.05. The molecule has 0 aromatic rings. The second-order valence-electron chi connectivity index (χ2n) is 2.09. The van der Waals surface area contributed by atoms with Gasteiger partial charge in [-0.25, -0.2) is 9.18 Å². The van der Waals surface area contributed by atoms with Crippen LogP contribution in [-0.2, 0) is 9.53 Å². The van der Waals surface area contributed by atoms with Crippen LogP contribution in [0, 0.1) is 0 Å². The van der Waals surface area contributed by atoms with Crippen LogP contribution < -0.4 is 0 Å². The van der Waals surface area contributed by atoms with Crippen molar-refractivity contribution in [3.63, 3.8) is 0 Å². The molecule has 0 aliphatic carbocycles. The highest BCUT2D eigenvalue weighted by atomic mass is 19.1. The predicted octanol–water partition coefficient (Wildman–Crippen LogP) is 0.660. The zero-order valence-corrected chi connectivity index (χ0v) is 6.55. The lowest BCUT2D eigenvalue weighted by atomic mass is 10.2. The molecular weight excluding hydrogens is 151 g/mol. The lowest BCUT2D eigenvalue weighted by molar-refractivity contribution is -0.149. The van der Waals surface area contributed by atoms with E-state index in [0.717, 1.165) is 0 Å². The van der Waals surface area contributed by atoms with E-state index in [1.54, 1.807) is 6.92 Å². The van der Waals surface area contributed by atoms with Crippen molar-refractivity contribution in [3.05, 3.63) is 0 Å². The summed E-state index contributed by atoms with van der Waals surface area (Å²) < 4.78 is 17.0. The van der Waals surface area contributed by atoms with Gasteiger partial charge in [0.25, 0.3) is 0 Å². The first-order valence-electron chi connectivity index (χ1n) is 3.64. The molecule has 0 aliphatic heterocycles. The molecular formula is C7H13FO3. The number of carbonyl (C=O) groups excluding carboxylic acids is 1. The molecule has 4 heteroatoms. The highest BCUT2D eigenvalue weighted by Gasteiger charge is 2.16. The number of carbonyl (C=O) groups is 1. The number of alkyl halides is 1. The van der Waals surface area contributed by atoms with Gasteiger partial charge in [-0.3, -0.25) is 0 Å². The predicted molar refractivity (Wildman–Crippen MR) is 37.8 cm³/mol. The van der Waals surface area contributed by atoms with Gasteiger partial charge in [0.2, 0.25) is 0 Å². The van der Waals surface area contributed by atoms with Crippen LogP contribution in [0.5, 0.6) is 0 Å². The van der Waals surface area contributed by atoms with Gasteiger partial charge in [0.05, 0.1) is 6.61 Å². The minimum absolute atomic E-state index is 0.0370. The zero-order valence-electron chi connectivity index (χ0n) is 6.55. The van der Waals surface area contributed by atoms with Crippen molar-refractivity contribution in [2.24, 2.45) is 0 Å². The van der Waals surface area contributed by atoms with Crippen molar-refractivity contribution in [2.75, 3.05) is 13.2 Å². The van der Waals surface area contributed by atoms with Gasteiger partial charge >= 0.3 is 5.97 Å². The Kier molecular flexibility index (Phi) is 5.74. The molecule has 1 atom stereocenters. The maximum atomic E-state index is 12.6. The normalized spacial score (nSPS) is 12.6. The van der Waals surface area contributed by atoms with Crippen LogP contribution in [0.2, 0.25) is 0 Å². The van der Waals surface area contributed by atoms with Gasteiger partial charge < -0.3 is 9.84 Å². The van der Waals surface area contributed by atoms with E-state index in [-0.39, 0.29) is 19.6 Å². The van der Waals surface area contributed by atoms with Crippen molar-refractivity contribution in [1.29, 1.82) is 0 Å². The van der Waals surface area contributed by atoms with Gasteiger partial charge in [-0.2, -0.15) is 0 Å². The number of aliphatic hydroxyl groups excluding tert-OH is 1. The quantitative estimate of drug-likeness (QED) is 0.607. The van der Waals surface area contributed by atoms with E-state index in [1.165, 1.54) is 0 Å². The lowest BCUT2D eigenvalue weighted by Crippen LogP contribution is -2.19. The maximum absolute atomic E-state index is 12.6. The Balaban J connectivity index is 3.46. The van der Waals surface area contributed by atoms with Crippen LogP contribution in [0.15, 0.2) is 0 Å². The molecule has 1 unspecified atom stereocenters. The van der Waals surface area contributed by atoms with Crippen LogP contribution in [0.4, 0.5) is 4.39 Å². The smallest absolute Gasteiger partial charge is 0.340 e. The molecule has 0 heterocycles. The number of ether oxygens (including phenoxy) is 1. The Hall–Kier alpha value is -0.640. The molecule has 0 aromatic heterocycles. The average molecular weight is 164 g/mol. The standard InChI is InChI=1S/C7H13FO3/c1-2-11-7(10)6(8)4-3-5-9/h6,9H,2-5H2,1H3. The summed E-state index contributed by atoms with van der Waals surface area (Å²) in [5, 5.41) is 8.31. The molecule has 1 N–H and O–H groups in total. The van der Waals surface area contributed by atoms with Gasteiger partial charge in [0, 0.05) is 6.61 Å². The largest absolute Gasteiger partial charge is 0.464 e. The molecule has 0 fully saturated rings. The number of hydrogen-bond acceptors (Lipinski definition) is 3. The fourth-order valence-electron chi connectivity index (χ4n) is 0.621. The van der Waals surface area contributed by atoms with Crippen LogP contribution in [-0.4, -0.2) is 30.5 Å². The van der Waals surface area contributed by atoms with E-state index >= 15 is 0 Å². The fraction of sp³-hybridized carbons (Fsp3) is 0.857. The summed E-state index contributed by atoms with van der Waals surface area (Å²) in [6.45, 7) is 1.72. The van der Waals surface area contributed by atoms with E-state index in [1.807, 2.05) is 0 Å². The topological polar surface area (TPSA) is 46.5 Å².